The van der Waals surface area contributed by atoms with Gasteiger partial charge in [0.05, 0.1) is 23.5 Å². The molecule has 2 aromatic heterocycles. The third-order valence-electron chi connectivity index (χ3n) is 9.88. The summed E-state index contributed by atoms with van der Waals surface area (Å²) in [5.74, 6) is 2.21. The van der Waals surface area contributed by atoms with Crippen LogP contribution in [0, 0.1) is 5.41 Å². The van der Waals surface area contributed by atoms with E-state index in [-0.39, 0.29) is 24.0 Å². The highest BCUT2D eigenvalue weighted by molar-refractivity contribution is 6.72. The zero-order chi connectivity index (χ0) is 26.8. The highest BCUT2D eigenvalue weighted by atomic mass is 15.5. The fourth-order valence-corrected chi connectivity index (χ4v) is 8.26. The molecule has 2 atom stereocenters. The van der Waals surface area contributed by atoms with Gasteiger partial charge in [0.15, 0.2) is 5.44 Å². The quantitative estimate of drug-likeness (QED) is 0.311. The smallest absolute Gasteiger partial charge is 0.358 e. The third kappa shape index (κ3) is 2.99. The van der Waals surface area contributed by atoms with E-state index in [0.717, 1.165) is 25.1 Å². The molecule has 6 nitrogen and oxygen atoms in total. The minimum atomic E-state index is -0.367. The molecule has 0 amide bonds. The van der Waals surface area contributed by atoms with Gasteiger partial charge in [-0.05, 0) is 55.5 Å². The maximum Gasteiger partial charge on any atom is 0.563 e. The Morgan fingerprint density at radius 3 is 2.51 bits per heavy atom. The van der Waals surface area contributed by atoms with Crippen LogP contribution in [0.1, 0.15) is 57.6 Å². The Kier molecular flexibility index (Phi) is 5.55. The van der Waals surface area contributed by atoms with E-state index in [9.17, 15) is 0 Å². The molecule has 6 heterocycles. The summed E-state index contributed by atoms with van der Waals surface area (Å²) in [7, 11) is 2.26. The summed E-state index contributed by atoms with van der Waals surface area (Å²) in [6.07, 6.45) is 19.1. The van der Waals surface area contributed by atoms with E-state index in [2.05, 4.69) is 131 Å². The molecule has 0 radical (unpaired) electrons. The van der Waals surface area contributed by atoms with Crippen molar-refractivity contribution in [1.82, 2.24) is 9.88 Å². The number of benzene rings is 1. The van der Waals surface area contributed by atoms with Crippen LogP contribution >= 0.6 is 0 Å². The van der Waals surface area contributed by atoms with Crippen molar-refractivity contribution in [3.8, 4) is 0 Å². The third-order valence-corrected chi connectivity index (χ3v) is 9.88. The van der Waals surface area contributed by atoms with Gasteiger partial charge in [-0.15, -0.1) is 0 Å². The molecule has 0 N–H and O–H groups in total. The molecule has 0 saturated carbocycles. The molecule has 0 fully saturated rings. The highest BCUT2D eigenvalue weighted by Gasteiger charge is 2.80. The van der Waals surface area contributed by atoms with Crippen LogP contribution in [0.15, 0.2) is 91.8 Å². The van der Waals surface area contributed by atoms with E-state index in [1.807, 2.05) is 12.3 Å². The molecule has 39 heavy (non-hydrogen) atoms. The second-order valence-electron chi connectivity index (χ2n) is 11.4. The number of anilines is 3. The first-order valence-corrected chi connectivity index (χ1v) is 14.6. The Bertz CT molecular complexity index is 1450. The lowest BCUT2D eigenvalue weighted by Gasteiger charge is -2.58. The SMILES string of the molecule is CCCCc1ccc2c(c1)N1C=CN(C)C1C(CC)(CC)C21B2N(c3ccccn3)C=CN2c2cccc[n+]21. The maximum atomic E-state index is 4.85. The minimum Gasteiger partial charge on any atom is -0.358 e. The maximum absolute atomic E-state index is 4.85. The summed E-state index contributed by atoms with van der Waals surface area (Å²) in [4.78, 5) is 14.8. The van der Waals surface area contributed by atoms with E-state index >= 15 is 0 Å². The zero-order valence-electron chi connectivity index (χ0n) is 23.5. The fraction of sp³-hybridized carbons (Fsp3) is 0.375. The van der Waals surface area contributed by atoms with Gasteiger partial charge in [0.1, 0.15) is 12.0 Å². The normalized spacial score (nSPS) is 23.5. The van der Waals surface area contributed by atoms with Gasteiger partial charge in [-0.3, -0.25) is 4.81 Å². The molecule has 0 saturated heterocycles. The van der Waals surface area contributed by atoms with Gasteiger partial charge in [-0.25, -0.2) is 9.55 Å². The first kappa shape index (κ1) is 24.3. The van der Waals surface area contributed by atoms with Gasteiger partial charge in [0, 0.05) is 43.5 Å². The molecular weight excluding hydrogens is 479 g/mol. The van der Waals surface area contributed by atoms with Gasteiger partial charge >= 0.3 is 6.98 Å². The molecule has 0 bridgehead atoms. The summed E-state index contributed by atoms with van der Waals surface area (Å²) in [6.45, 7) is 7.09. The Hall–Kier alpha value is -3.74. The second-order valence-corrected chi connectivity index (χ2v) is 11.4. The van der Waals surface area contributed by atoms with Crippen molar-refractivity contribution in [2.45, 2.75) is 64.5 Å². The number of pyridine rings is 2. The molecule has 7 rings (SSSR count). The van der Waals surface area contributed by atoms with E-state index in [0.29, 0.717) is 0 Å². The van der Waals surface area contributed by atoms with E-state index in [4.69, 9.17) is 4.98 Å². The van der Waals surface area contributed by atoms with E-state index < -0.39 is 0 Å². The van der Waals surface area contributed by atoms with Crippen molar-refractivity contribution in [2.24, 2.45) is 5.41 Å². The number of rotatable bonds is 6. The van der Waals surface area contributed by atoms with Crippen molar-refractivity contribution < 1.29 is 4.57 Å². The van der Waals surface area contributed by atoms with Crippen LogP contribution in [0.4, 0.5) is 17.3 Å². The predicted molar refractivity (Wildman–Crippen MR) is 159 cm³/mol. The molecule has 7 heteroatoms. The van der Waals surface area contributed by atoms with Crippen LogP contribution in [0.25, 0.3) is 0 Å². The Balaban J connectivity index is 1.57. The van der Waals surface area contributed by atoms with Crippen molar-refractivity contribution in [3.63, 3.8) is 0 Å². The average molecular weight is 518 g/mol. The van der Waals surface area contributed by atoms with Crippen molar-refractivity contribution in [2.75, 3.05) is 21.6 Å². The van der Waals surface area contributed by atoms with Gasteiger partial charge in [0.2, 0.25) is 0 Å². The largest absolute Gasteiger partial charge is 0.563 e. The highest BCUT2D eigenvalue weighted by Crippen LogP contribution is 2.62. The summed E-state index contributed by atoms with van der Waals surface area (Å²) in [5, 5.41) is 0. The van der Waals surface area contributed by atoms with E-state index in [1.165, 1.54) is 35.5 Å². The van der Waals surface area contributed by atoms with Gasteiger partial charge in [0.25, 0.3) is 5.82 Å². The topological polar surface area (TPSA) is 29.7 Å². The summed E-state index contributed by atoms with van der Waals surface area (Å²) in [5.41, 5.74) is 3.68. The minimum absolute atomic E-state index is 0.0195. The molecule has 198 valence electrons. The number of nitrogens with zero attached hydrogens (tertiary/aromatic N) is 6. The number of fused-ring (bicyclic) bond motifs is 9. The standard InChI is InChI=1S/C32H38BN6/c1-5-8-13-25-16-17-26-27(24-25)36-21-20-35(4)30(36)31(6-2,7-3)32(26)33-38(28-14-9-11-18-34-28)22-23-39(33)29-15-10-12-19-37(29)32/h9-12,14-24,30H,5-8,13H2,1-4H3/q+1. The van der Waals surface area contributed by atoms with Crippen LogP contribution in [-0.4, -0.2) is 30.1 Å². The Morgan fingerprint density at radius 1 is 0.923 bits per heavy atom. The second kappa shape index (κ2) is 8.90. The van der Waals surface area contributed by atoms with Crippen LogP contribution in [0.2, 0.25) is 0 Å². The molecule has 4 aliphatic rings. The van der Waals surface area contributed by atoms with Crippen LogP contribution in [-0.2, 0) is 11.9 Å². The number of hydrogen-bond donors (Lipinski definition) is 0. The van der Waals surface area contributed by atoms with Crippen LogP contribution in [0.3, 0.4) is 0 Å². The summed E-state index contributed by atoms with van der Waals surface area (Å²) >= 11 is 0. The van der Waals surface area contributed by atoms with Gasteiger partial charge < -0.3 is 14.6 Å². The fourth-order valence-electron chi connectivity index (χ4n) is 8.26. The lowest BCUT2D eigenvalue weighted by atomic mass is 9.39. The molecule has 1 aromatic carbocycles. The molecule has 1 spiro atoms. The first-order valence-electron chi connectivity index (χ1n) is 14.6. The molecule has 0 aliphatic carbocycles. The van der Waals surface area contributed by atoms with Crippen molar-refractivity contribution >= 4 is 24.3 Å². The number of aromatic nitrogens is 2. The summed E-state index contributed by atoms with van der Waals surface area (Å²) < 4.78 is 2.61. The van der Waals surface area contributed by atoms with Gasteiger partial charge in [-0.2, -0.15) is 0 Å². The number of unbranched alkanes of at least 4 members (excludes halogenated alkanes) is 1. The summed E-state index contributed by atoms with van der Waals surface area (Å²) in [6, 6.07) is 20.2. The van der Waals surface area contributed by atoms with Crippen molar-refractivity contribution in [3.05, 3.63) is 103 Å². The molecule has 2 unspecified atom stereocenters. The molecule has 3 aromatic rings. The molecule has 4 aliphatic heterocycles. The molecular formula is C32H38BN6+. The first-order chi connectivity index (χ1) is 19.1. The lowest BCUT2D eigenvalue weighted by molar-refractivity contribution is -0.733. The van der Waals surface area contributed by atoms with Crippen molar-refractivity contribution in [1.29, 1.82) is 0 Å². The van der Waals surface area contributed by atoms with Crippen LogP contribution < -0.4 is 19.1 Å². The number of hydrogen-bond acceptors (Lipinski definition) is 5. The Morgan fingerprint density at radius 2 is 1.74 bits per heavy atom. The monoisotopic (exact) mass is 517 g/mol. The Labute approximate surface area is 233 Å². The predicted octanol–water partition coefficient (Wildman–Crippen LogP) is 5.66. The lowest BCUT2D eigenvalue weighted by Crippen LogP contribution is -2.79. The van der Waals surface area contributed by atoms with Crippen LogP contribution in [0.5, 0.6) is 0 Å². The number of aryl methyl sites for hydroxylation is 1. The zero-order valence-corrected chi connectivity index (χ0v) is 23.5. The average Bonchev–Trinajstić information content (AvgIpc) is 3.67. The van der Waals surface area contributed by atoms with Gasteiger partial charge in [-0.1, -0.05) is 51.5 Å². The van der Waals surface area contributed by atoms with E-state index in [1.54, 1.807) is 0 Å².